The number of benzene rings is 2. The Morgan fingerprint density at radius 1 is 1.02 bits per heavy atom. The second-order valence-corrected chi connectivity index (χ2v) is 11.8. The Hall–Kier alpha value is -4.56. The number of fused-ring (bicyclic) bond motifs is 1. The number of nitrogens with one attached hydrogen (secondary N) is 1. The lowest BCUT2D eigenvalue weighted by Crippen LogP contribution is -2.51. The van der Waals surface area contributed by atoms with Gasteiger partial charge in [0.15, 0.2) is 11.9 Å². The lowest BCUT2D eigenvalue weighted by molar-refractivity contribution is -0.142. The molecule has 2 aromatic carbocycles. The van der Waals surface area contributed by atoms with Crippen molar-refractivity contribution >= 4 is 29.6 Å². The van der Waals surface area contributed by atoms with Crippen molar-refractivity contribution in [3.63, 3.8) is 0 Å². The number of piperidine rings is 2. The van der Waals surface area contributed by atoms with E-state index in [1.54, 1.807) is 9.80 Å². The van der Waals surface area contributed by atoms with Gasteiger partial charge in [-0.2, -0.15) is 0 Å². The number of aliphatic hydroxyl groups excluding tert-OH is 2. The molecule has 0 unspecified atom stereocenters. The van der Waals surface area contributed by atoms with Gasteiger partial charge in [0, 0.05) is 56.7 Å². The van der Waals surface area contributed by atoms with Crippen LogP contribution in [0, 0.1) is 6.92 Å². The first-order chi connectivity index (χ1) is 21.8. The first-order valence-electron chi connectivity index (χ1n) is 15.6. The smallest absolute Gasteiger partial charge is 0.410 e. The van der Waals surface area contributed by atoms with Gasteiger partial charge in [0.25, 0.3) is 5.91 Å². The molecule has 11 heteroatoms. The average molecular weight is 616 g/mol. The van der Waals surface area contributed by atoms with Crippen LogP contribution in [-0.4, -0.2) is 106 Å². The van der Waals surface area contributed by atoms with Gasteiger partial charge in [0.1, 0.15) is 6.61 Å². The van der Waals surface area contributed by atoms with Gasteiger partial charge in [0.2, 0.25) is 0 Å². The summed E-state index contributed by atoms with van der Waals surface area (Å²) in [4.78, 5) is 49.6. The van der Waals surface area contributed by atoms with E-state index in [1.807, 2.05) is 60.4 Å². The van der Waals surface area contributed by atoms with Crippen LogP contribution in [0.2, 0.25) is 0 Å². The zero-order valence-electron chi connectivity index (χ0n) is 25.7. The number of aliphatic imine (C=N–C) groups is 1. The molecule has 3 heterocycles. The van der Waals surface area contributed by atoms with E-state index in [0.717, 1.165) is 28.8 Å². The number of likely N-dealkylation sites (tertiary alicyclic amines) is 2. The fourth-order valence-electron chi connectivity index (χ4n) is 6.17. The summed E-state index contributed by atoms with van der Waals surface area (Å²) < 4.78 is 5.95. The van der Waals surface area contributed by atoms with Crippen LogP contribution in [0.3, 0.4) is 0 Å². The number of urea groups is 1. The fourth-order valence-corrected chi connectivity index (χ4v) is 6.17. The molecule has 0 radical (unpaired) electrons. The molecule has 5 rings (SSSR count). The van der Waals surface area contributed by atoms with Crippen LogP contribution >= 0.6 is 0 Å². The van der Waals surface area contributed by atoms with Crippen molar-refractivity contribution in [1.82, 2.24) is 14.7 Å². The molecule has 11 nitrogen and oxygen atoms in total. The number of aliphatic hydroxyl groups is 2. The van der Waals surface area contributed by atoms with Crippen molar-refractivity contribution in [3.05, 3.63) is 76.7 Å². The number of anilines is 1. The molecular weight excluding hydrogens is 574 g/mol. The van der Waals surface area contributed by atoms with E-state index in [-0.39, 0.29) is 36.2 Å². The molecule has 4 amide bonds. The van der Waals surface area contributed by atoms with Gasteiger partial charge in [-0.05, 0) is 62.0 Å². The molecule has 2 saturated heterocycles. The number of carbonyl (C=O) groups excluding carboxylic acids is 3. The van der Waals surface area contributed by atoms with Gasteiger partial charge < -0.3 is 35.0 Å². The highest BCUT2D eigenvalue weighted by molar-refractivity contribution is 5.91. The predicted octanol–water partition coefficient (Wildman–Crippen LogP) is 3.85. The summed E-state index contributed by atoms with van der Waals surface area (Å²) in [6.07, 6.45) is 1.98. The number of para-hydroxylation sites is 1. The summed E-state index contributed by atoms with van der Waals surface area (Å²) in [5.41, 5.74) is 6.31. The van der Waals surface area contributed by atoms with Gasteiger partial charge in [-0.1, -0.05) is 48.0 Å². The van der Waals surface area contributed by atoms with Crippen LogP contribution in [-0.2, 0) is 22.4 Å². The van der Waals surface area contributed by atoms with Crippen LogP contribution in [0.5, 0.6) is 0 Å². The maximum absolute atomic E-state index is 13.7. The zero-order chi connectivity index (χ0) is 31.8. The van der Waals surface area contributed by atoms with E-state index < -0.39 is 18.8 Å². The van der Waals surface area contributed by atoms with Crippen LogP contribution in [0.1, 0.15) is 42.4 Å². The van der Waals surface area contributed by atoms with E-state index in [0.29, 0.717) is 58.4 Å². The fraction of sp³-hybridized carbons (Fsp3) is 0.471. The summed E-state index contributed by atoms with van der Waals surface area (Å²) in [6, 6.07) is 15.5. The number of amides is 4. The third kappa shape index (κ3) is 8.34. The van der Waals surface area contributed by atoms with Crippen molar-refractivity contribution in [3.8, 4) is 0 Å². The molecule has 0 aromatic heterocycles. The summed E-state index contributed by atoms with van der Waals surface area (Å²) in [5.74, 6) is 1.95. The Labute approximate surface area is 263 Å². The lowest BCUT2D eigenvalue weighted by Gasteiger charge is -2.38. The molecule has 0 spiro atoms. The molecule has 3 N–H and O–H groups in total. The Morgan fingerprint density at radius 3 is 2.49 bits per heavy atom. The minimum atomic E-state index is -0.976. The first kappa shape index (κ1) is 31.9. The molecule has 3 aliphatic heterocycles. The Balaban J connectivity index is 1.19. The highest BCUT2D eigenvalue weighted by Crippen LogP contribution is 2.25. The number of rotatable bonds is 7. The highest BCUT2D eigenvalue weighted by atomic mass is 16.6. The van der Waals surface area contributed by atoms with Crippen LogP contribution < -0.4 is 5.32 Å². The zero-order valence-corrected chi connectivity index (χ0v) is 25.7. The Bertz CT molecular complexity index is 1480. The summed E-state index contributed by atoms with van der Waals surface area (Å²) in [7, 11) is 0. The highest BCUT2D eigenvalue weighted by Gasteiger charge is 2.35. The van der Waals surface area contributed by atoms with E-state index in [1.165, 1.54) is 0 Å². The van der Waals surface area contributed by atoms with Gasteiger partial charge in [-0.15, -0.1) is 0 Å². The topological polar surface area (TPSA) is 135 Å². The first-order valence-corrected chi connectivity index (χ1v) is 15.6. The number of hydrogen-bond acceptors (Lipinski definition) is 7. The summed E-state index contributed by atoms with van der Waals surface area (Å²) >= 11 is 0. The quantitative estimate of drug-likeness (QED) is 0.246. The van der Waals surface area contributed by atoms with Gasteiger partial charge in [-0.3, -0.25) is 4.79 Å². The van der Waals surface area contributed by atoms with Crippen molar-refractivity contribution in [2.45, 2.75) is 63.6 Å². The molecule has 238 valence electrons. The van der Waals surface area contributed by atoms with Crippen molar-refractivity contribution < 1.29 is 29.3 Å². The van der Waals surface area contributed by atoms with Gasteiger partial charge in [0.05, 0.1) is 6.04 Å². The largest absolute Gasteiger partial charge is 0.502 e. The summed E-state index contributed by atoms with van der Waals surface area (Å²) in [5, 5.41) is 21.2. The number of nitrogens with zero attached hydrogens (tertiary/aromatic N) is 4. The SMILES string of the molecule is Cc1cccc(C[C@@H](OC(=O)N2CCC(N3CCc4ccccc4NC3=O)CC2)C(=O)N2CCC(N=C=C=C(O)CO)CC2)c1. The van der Waals surface area contributed by atoms with Crippen molar-refractivity contribution in [2.75, 3.05) is 44.6 Å². The maximum Gasteiger partial charge on any atom is 0.410 e. The molecule has 0 saturated carbocycles. The second-order valence-electron chi connectivity index (χ2n) is 11.8. The number of ether oxygens (including phenoxy) is 1. The molecule has 3 aliphatic rings. The van der Waals surface area contributed by atoms with Crippen LogP contribution in [0.15, 0.2) is 65.0 Å². The van der Waals surface area contributed by atoms with Gasteiger partial charge in [-0.25, -0.2) is 14.6 Å². The van der Waals surface area contributed by atoms with E-state index >= 15 is 0 Å². The molecule has 45 heavy (non-hydrogen) atoms. The number of carbonyl (C=O) groups is 3. The molecule has 0 bridgehead atoms. The third-order valence-electron chi connectivity index (χ3n) is 8.70. The normalized spacial score (nSPS) is 18.1. The predicted molar refractivity (Wildman–Crippen MR) is 169 cm³/mol. The average Bonchev–Trinajstić information content (AvgIpc) is 3.22. The van der Waals surface area contributed by atoms with Crippen molar-refractivity contribution in [1.29, 1.82) is 0 Å². The van der Waals surface area contributed by atoms with E-state index in [9.17, 15) is 19.5 Å². The third-order valence-corrected chi connectivity index (χ3v) is 8.70. The Kier molecular flexibility index (Phi) is 10.6. The molecule has 2 aromatic rings. The molecule has 1 atom stereocenters. The monoisotopic (exact) mass is 615 g/mol. The number of hydrogen-bond donors (Lipinski definition) is 3. The van der Waals surface area contributed by atoms with Crippen LogP contribution in [0.25, 0.3) is 0 Å². The molecular formula is C34H41N5O6. The second kappa shape index (κ2) is 14.9. The summed E-state index contributed by atoms with van der Waals surface area (Å²) in [6.45, 7) is 3.82. The number of aryl methyl sites for hydroxylation is 1. The van der Waals surface area contributed by atoms with E-state index in [4.69, 9.17) is 9.84 Å². The van der Waals surface area contributed by atoms with Gasteiger partial charge >= 0.3 is 12.1 Å². The Morgan fingerprint density at radius 2 is 1.76 bits per heavy atom. The minimum absolute atomic E-state index is 0.00924. The van der Waals surface area contributed by atoms with Crippen molar-refractivity contribution in [2.24, 2.45) is 4.99 Å². The maximum atomic E-state index is 13.7. The molecule has 2 fully saturated rings. The minimum Gasteiger partial charge on any atom is -0.502 e. The van der Waals surface area contributed by atoms with Crippen LogP contribution in [0.4, 0.5) is 15.3 Å². The molecule has 0 aliphatic carbocycles. The van der Waals surface area contributed by atoms with E-state index in [2.05, 4.69) is 21.9 Å². The lowest BCUT2D eigenvalue weighted by atomic mass is 10.0. The standard InChI is InChI=1S/C34H41N5O6/c1-24-5-4-6-25(21-24)22-31(32(42)37-16-11-27(12-17-37)35-15-9-29(41)23-40)45-34(44)38-18-13-28(14-19-38)39-20-10-26-7-2-3-8-30(26)36-33(39)43/h2-8,21,27-28,31,40-41H,10-14,16-20,22-23H2,1H3,(H,36,43)/t31-/m1/s1.